The van der Waals surface area contributed by atoms with Gasteiger partial charge in [0.2, 0.25) is 0 Å². The fourth-order valence-corrected chi connectivity index (χ4v) is 7.24. The standard InChI is InChI=1S/C48H28O2/c1-2-12-31-26-32(21-20-29(31)10-1)42-28-49-43-25-24-41-35-23-22-33(27-44(35)50-48(41)47(42)43)45-37-15-5-7-17-39(37)46(40-18-8-6-16-38(40)45)36-19-9-13-30-11-3-4-14-34(30)36/h1-28H/i3D,4D,5D,6D,7D,8D,9D,11D,13D,14D,15D,16D,17D,18D,19D. The van der Waals surface area contributed by atoms with E-state index in [0.29, 0.717) is 27.5 Å². The topological polar surface area (TPSA) is 26.3 Å². The van der Waals surface area contributed by atoms with Crippen molar-refractivity contribution in [3.63, 3.8) is 0 Å². The highest BCUT2D eigenvalue weighted by atomic mass is 16.3. The third-order valence-corrected chi connectivity index (χ3v) is 9.46. The van der Waals surface area contributed by atoms with Gasteiger partial charge in [-0.15, -0.1) is 0 Å². The molecule has 2 heteroatoms. The van der Waals surface area contributed by atoms with Gasteiger partial charge in [0.15, 0.2) is 0 Å². The Labute approximate surface area is 308 Å². The van der Waals surface area contributed by atoms with Crippen LogP contribution in [0.3, 0.4) is 0 Å². The van der Waals surface area contributed by atoms with E-state index in [1.54, 1.807) is 24.5 Å². The molecule has 0 bridgehead atoms. The maximum atomic E-state index is 9.43. The SMILES string of the molecule is [2H]c1c([2H])c([2H])c2c(-c3c4c([2H])c([2H])c([2H])c([2H])c4c(-c4ccc5c(c4)oc4c5ccc5occ(-c6ccc7ccccc7c6)c54)c4c([2H])c([2H])c([2H])c([2H])c34)c([2H])c([2H])c([2H])c2c1[2H]. The van der Waals surface area contributed by atoms with Crippen molar-refractivity contribution in [3.05, 3.63) is 170 Å². The van der Waals surface area contributed by atoms with Crippen LogP contribution in [-0.4, -0.2) is 0 Å². The van der Waals surface area contributed by atoms with E-state index in [2.05, 4.69) is 6.07 Å². The Balaban J connectivity index is 1.30. The highest BCUT2D eigenvalue weighted by molar-refractivity contribution is 6.24. The molecule has 0 saturated heterocycles. The average Bonchev–Trinajstić information content (AvgIpc) is 3.92. The molecule has 2 heterocycles. The van der Waals surface area contributed by atoms with Gasteiger partial charge in [-0.25, -0.2) is 0 Å². The Morgan fingerprint density at radius 2 is 1.08 bits per heavy atom. The van der Waals surface area contributed by atoms with Crippen molar-refractivity contribution in [1.29, 1.82) is 0 Å². The highest BCUT2D eigenvalue weighted by Crippen LogP contribution is 2.47. The van der Waals surface area contributed by atoms with Gasteiger partial charge in [-0.1, -0.05) is 133 Å². The third-order valence-electron chi connectivity index (χ3n) is 9.46. The van der Waals surface area contributed by atoms with Crippen molar-refractivity contribution in [1.82, 2.24) is 0 Å². The first kappa shape index (κ1) is 16.6. The lowest BCUT2D eigenvalue weighted by molar-refractivity contribution is 0.616. The van der Waals surface area contributed by atoms with E-state index in [9.17, 15) is 6.85 Å². The second kappa shape index (κ2) is 10.4. The molecule has 0 aliphatic carbocycles. The molecule has 11 rings (SSSR count). The van der Waals surface area contributed by atoms with E-state index >= 15 is 0 Å². The third kappa shape index (κ3) is 3.90. The zero-order valence-corrected chi connectivity index (χ0v) is 25.8. The zero-order chi connectivity index (χ0) is 45.8. The second-order valence-electron chi connectivity index (χ2n) is 12.1. The first-order chi connectivity index (χ1) is 31.0. The quantitative estimate of drug-likeness (QED) is 0.178. The molecule has 232 valence electrons. The lowest BCUT2D eigenvalue weighted by Gasteiger charge is -2.18. The molecule has 0 fully saturated rings. The second-order valence-corrected chi connectivity index (χ2v) is 12.1. The van der Waals surface area contributed by atoms with Crippen LogP contribution in [0, 0.1) is 0 Å². The minimum atomic E-state index is -0.768. The van der Waals surface area contributed by atoms with Crippen molar-refractivity contribution >= 4 is 76.0 Å². The number of hydrogen-bond acceptors (Lipinski definition) is 2. The van der Waals surface area contributed by atoms with E-state index in [0.717, 1.165) is 27.3 Å². The first-order valence-corrected chi connectivity index (χ1v) is 15.9. The molecular weight excluding hydrogens is 609 g/mol. The van der Waals surface area contributed by atoms with Gasteiger partial charge >= 0.3 is 0 Å². The summed E-state index contributed by atoms with van der Waals surface area (Å²) in [6.45, 7) is 0. The van der Waals surface area contributed by atoms with Gasteiger partial charge in [-0.2, -0.15) is 0 Å². The monoisotopic (exact) mass is 651 g/mol. The molecule has 0 aliphatic heterocycles. The molecule has 0 spiro atoms. The molecule has 2 aromatic heterocycles. The summed E-state index contributed by atoms with van der Waals surface area (Å²) < 4.78 is 147. The largest absolute Gasteiger partial charge is 0.464 e. The highest BCUT2D eigenvalue weighted by Gasteiger charge is 2.21. The van der Waals surface area contributed by atoms with Crippen LogP contribution >= 0.6 is 0 Å². The Bertz CT molecular complexity index is 3930. The molecule has 0 N–H and O–H groups in total. The van der Waals surface area contributed by atoms with Crippen LogP contribution in [0.5, 0.6) is 0 Å². The maximum absolute atomic E-state index is 9.43. The number of hydrogen-bond donors (Lipinski definition) is 0. The van der Waals surface area contributed by atoms with E-state index < -0.39 is 107 Å². The van der Waals surface area contributed by atoms with Crippen LogP contribution in [-0.2, 0) is 0 Å². The Kier molecular flexibility index (Phi) is 3.47. The molecule has 0 aliphatic rings. The van der Waals surface area contributed by atoms with Crippen LogP contribution in [0.25, 0.3) is 109 Å². The molecule has 0 atom stereocenters. The summed E-state index contributed by atoms with van der Waals surface area (Å²) in [6, 6.07) is 12.4. The normalized spacial score (nSPS) is 16.2. The summed E-state index contributed by atoms with van der Waals surface area (Å²) in [5, 5.41) is 2.27. The summed E-state index contributed by atoms with van der Waals surface area (Å²) in [6.07, 6.45) is 1.67. The lowest BCUT2D eigenvalue weighted by atomic mass is 9.84. The fraction of sp³-hybridized carbons (Fsp3) is 0. The summed E-state index contributed by atoms with van der Waals surface area (Å²) in [5.74, 6) is 0. The van der Waals surface area contributed by atoms with Crippen LogP contribution in [0.1, 0.15) is 20.6 Å². The molecule has 11 aromatic rings. The molecule has 0 radical (unpaired) electrons. The predicted molar refractivity (Wildman–Crippen MR) is 210 cm³/mol. The van der Waals surface area contributed by atoms with E-state index in [-0.39, 0.29) is 38.2 Å². The zero-order valence-electron chi connectivity index (χ0n) is 40.8. The molecule has 0 saturated carbocycles. The number of benzene rings is 9. The van der Waals surface area contributed by atoms with E-state index in [1.165, 1.54) is 0 Å². The summed E-state index contributed by atoms with van der Waals surface area (Å²) in [7, 11) is 0. The Morgan fingerprint density at radius 1 is 0.420 bits per heavy atom. The minimum Gasteiger partial charge on any atom is -0.464 e. The van der Waals surface area contributed by atoms with Crippen molar-refractivity contribution in [3.8, 4) is 33.4 Å². The predicted octanol–water partition coefficient (Wildman–Crippen LogP) is 13.9. The van der Waals surface area contributed by atoms with Crippen LogP contribution in [0.4, 0.5) is 0 Å². The Hall–Kier alpha value is -6.64. The molecular formula is C48H28O2. The van der Waals surface area contributed by atoms with Gasteiger partial charge in [0.1, 0.15) is 16.7 Å². The van der Waals surface area contributed by atoms with Gasteiger partial charge in [0.25, 0.3) is 0 Å². The Morgan fingerprint density at radius 3 is 1.88 bits per heavy atom. The van der Waals surface area contributed by atoms with Gasteiger partial charge in [-0.3, -0.25) is 0 Å². The summed E-state index contributed by atoms with van der Waals surface area (Å²) >= 11 is 0. The molecule has 2 nitrogen and oxygen atoms in total. The van der Waals surface area contributed by atoms with Crippen molar-refractivity contribution in [2.24, 2.45) is 0 Å². The van der Waals surface area contributed by atoms with Crippen LogP contribution < -0.4 is 0 Å². The maximum Gasteiger partial charge on any atom is 0.147 e. The molecule has 50 heavy (non-hydrogen) atoms. The van der Waals surface area contributed by atoms with Gasteiger partial charge in [-0.05, 0) is 101 Å². The minimum absolute atomic E-state index is 0.0219. The van der Waals surface area contributed by atoms with Crippen molar-refractivity contribution < 1.29 is 29.4 Å². The molecule has 0 unspecified atom stereocenters. The van der Waals surface area contributed by atoms with Crippen LogP contribution in [0.2, 0.25) is 0 Å². The van der Waals surface area contributed by atoms with E-state index in [1.807, 2.05) is 48.5 Å². The summed E-state index contributed by atoms with van der Waals surface area (Å²) in [5.41, 5.74) is 2.48. The fourth-order valence-electron chi connectivity index (χ4n) is 7.24. The number of rotatable bonds is 3. The van der Waals surface area contributed by atoms with Gasteiger partial charge < -0.3 is 8.83 Å². The number of fused-ring (bicyclic) bond motifs is 9. The lowest BCUT2D eigenvalue weighted by Crippen LogP contribution is -1.91. The molecule has 0 amide bonds. The first-order valence-electron chi connectivity index (χ1n) is 23.4. The average molecular weight is 652 g/mol. The van der Waals surface area contributed by atoms with Gasteiger partial charge in [0.05, 0.1) is 32.2 Å². The number of furan rings is 2. The van der Waals surface area contributed by atoms with Crippen LogP contribution in [0.15, 0.2) is 179 Å². The van der Waals surface area contributed by atoms with Crippen molar-refractivity contribution in [2.45, 2.75) is 0 Å². The molecule has 9 aromatic carbocycles. The summed E-state index contributed by atoms with van der Waals surface area (Å²) in [4.78, 5) is 0. The van der Waals surface area contributed by atoms with Gasteiger partial charge in [0, 0.05) is 16.3 Å². The van der Waals surface area contributed by atoms with Crippen molar-refractivity contribution in [2.75, 3.05) is 0 Å². The van der Waals surface area contributed by atoms with E-state index in [4.69, 9.17) is 22.5 Å². The smallest absolute Gasteiger partial charge is 0.147 e.